The number of aromatic nitrogens is 1. The van der Waals surface area contributed by atoms with Gasteiger partial charge in [0.25, 0.3) is 6.01 Å². The molecule has 2 heterocycles. The van der Waals surface area contributed by atoms with Crippen molar-refractivity contribution in [2.45, 2.75) is 19.4 Å². The van der Waals surface area contributed by atoms with Crippen LogP contribution in [0.2, 0.25) is 0 Å². The largest absolute Gasteiger partial charge is 0.469 e. The Bertz CT molecular complexity index is 673. The normalized spacial score (nSPS) is 12.7. The maximum absolute atomic E-state index is 5.70. The lowest BCUT2D eigenvalue weighted by molar-refractivity contribution is 0.493. The van der Waals surface area contributed by atoms with Crippen LogP contribution >= 0.6 is 0 Å². The average Bonchev–Trinajstić information content (AvgIpc) is 2.97. The monoisotopic (exact) mass is 257 g/mol. The van der Waals surface area contributed by atoms with E-state index in [0.29, 0.717) is 17.3 Å². The molecule has 0 spiro atoms. The van der Waals surface area contributed by atoms with Gasteiger partial charge in [-0.3, -0.25) is 0 Å². The smallest absolute Gasteiger partial charge is 0.295 e. The van der Waals surface area contributed by atoms with E-state index in [9.17, 15) is 0 Å². The molecule has 3 N–H and O–H groups in total. The number of nitrogen functional groups attached to an aromatic ring is 1. The molecule has 0 fully saturated rings. The first-order chi connectivity index (χ1) is 9.20. The highest BCUT2D eigenvalue weighted by atomic mass is 16.4. The number of furan rings is 1. The van der Waals surface area contributed by atoms with Gasteiger partial charge in [0.15, 0.2) is 5.58 Å². The van der Waals surface area contributed by atoms with Crippen LogP contribution in [-0.4, -0.2) is 11.0 Å². The van der Waals surface area contributed by atoms with Crippen molar-refractivity contribution in [2.75, 3.05) is 11.1 Å². The van der Waals surface area contributed by atoms with Gasteiger partial charge in [-0.2, -0.15) is 4.98 Å². The molecule has 0 aliphatic heterocycles. The third kappa shape index (κ3) is 2.54. The summed E-state index contributed by atoms with van der Waals surface area (Å²) in [5, 5.41) is 3.21. The molecule has 5 nitrogen and oxygen atoms in total. The summed E-state index contributed by atoms with van der Waals surface area (Å²) >= 11 is 0. The second-order valence-corrected chi connectivity index (χ2v) is 4.58. The van der Waals surface area contributed by atoms with E-state index >= 15 is 0 Å². The number of anilines is 2. The second kappa shape index (κ2) is 4.68. The Morgan fingerprint density at radius 3 is 3.05 bits per heavy atom. The van der Waals surface area contributed by atoms with Crippen LogP contribution in [0.4, 0.5) is 11.7 Å². The highest BCUT2D eigenvalue weighted by Crippen LogP contribution is 2.21. The maximum atomic E-state index is 5.70. The molecule has 2 aromatic heterocycles. The van der Waals surface area contributed by atoms with Crippen LogP contribution in [0.25, 0.3) is 11.1 Å². The number of fused-ring (bicyclic) bond motifs is 1. The Kier molecular flexibility index (Phi) is 2.87. The molecule has 0 saturated carbocycles. The first-order valence-electron chi connectivity index (χ1n) is 6.16. The zero-order valence-corrected chi connectivity index (χ0v) is 10.6. The predicted octanol–water partition coefficient (Wildman–Crippen LogP) is 3.05. The van der Waals surface area contributed by atoms with Gasteiger partial charge >= 0.3 is 0 Å². The second-order valence-electron chi connectivity index (χ2n) is 4.58. The van der Waals surface area contributed by atoms with Gasteiger partial charge in [0, 0.05) is 24.2 Å². The summed E-state index contributed by atoms with van der Waals surface area (Å²) in [7, 11) is 0. The summed E-state index contributed by atoms with van der Waals surface area (Å²) in [6.07, 6.45) is 2.44. The highest BCUT2D eigenvalue weighted by molar-refractivity contribution is 5.78. The minimum atomic E-state index is 0.163. The molecular weight excluding hydrogens is 242 g/mol. The molecule has 1 unspecified atom stereocenters. The van der Waals surface area contributed by atoms with Crippen LogP contribution in [0, 0.1) is 0 Å². The zero-order chi connectivity index (χ0) is 13.2. The number of rotatable bonds is 4. The standard InChI is InChI=1S/C14H15N3O2/c1-9(7-11-3-2-6-18-11)16-14-17-12-5-4-10(15)8-13(12)19-14/h2-6,8-9H,7,15H2,1H3,(H,16,17). The Morgan fingerprint density at radius 1 is 1.37 bits per heavy atom. The summed E-state index contributed by atoms with van der Waals surface area (Å²) < 4.78 is 10.9. The first-order valence-corrected chi connectivity index (χ1v) is 6.16. The molecule has 0 amide bonds. The summed E-state index contributed by atoms with van der Waals surface area (Å²) in [6.45, 7) is 2.05. The van der Waals surface area contributed by atoms with Crippen molar-refractivity contribution >= 4 is 22.8 Å². The zero-order valence-electron chi connectivity index (χ0n) is 10.6. The van der Waals surface area contributed by atoms with E-state index in [0.717, 1.165) is 17.7 Å². The van der Waals surface area contributed by atoms with E-state index < -0.39 is 0 Å². The minimum absolute atomic E-state index is 0.163. The van der Waals surface area contributed by atoms with E-state index in [1.165, 1.54) is 0 Å². The fourth-order valence-electron chi connectivity index (χ4n) is 2.00. The van der Waals surface area contributed by atoms with Gasteiger partial charge in [0.1, 0.15) is 11.3 Å². The molecule has 0 bridgehead atoms. The van der Waals surface area contributed by atoms with Gasteiger partial charge in [-0.15, -0.1) is 0 Å². The number of nitrogens with one attached hydrogen (secondary N) is 1. The number of nitrogens with two attached hydrogens (primary N) is 1. The SMILES string of the molecule is CC(Cc1ccco1)Nc1nc2ccc(N)cc2o1. The van der Waals surface area contributed by atoms with Gasteiger partial charge in [-0.25, -0.2) is 0 Å². The highest BCUT2D eigenvalue weighted by Gasteiger charge is 2.10. The number of nitrogens with zero attached hydrogens (tertiary/aromatic N) is 1. The molecule has 1 aromatic carbocycles. The van der Waals surface area contributed by atoms with Crippen molar-refractivity contribution in [1.29, 1.82) is 0 Å². The molecule has 1 atom stereocenters. The van der Waals surface area contributed by atoms with Crippen LogP contribution in [0.1, 0.15) is 12.7 Å². The molecule has 0 aliphatic carbocycles. The number of hydrogen-bond acceptors (Lipinski definition) is 5. The Balaban J connectivity index is 1.74. The number of oxazole rings is 1. The Morgan fingerprint density at radius 2 is 2.26 bits per heavy atom. The quantitative estimate of drug-likeness (QED) is 0.702. The van der Waals surface area contributed by atoms with E-state index in [-0.39, 0.29) is 6.04 Å². The average molecular weight is 257 g/mol. The van der Waals surface area contributed by atoms with E-state index in [2.05, 4.69) is 10.3 Å². The molecule has 98 valence electrons. The third-order valence-electron chi connectivity index (χ3n) is 2.87. The molecular formula is C14H15N3O2. The van der Waals surface area contributed by atoms with Crippen molar-refractivity contribution in [3.05, 3.63) is 42.4 Å². The van der Waals surface area contributed by atoms with Crippen molar-refractivity contribution in [3.63, 3.8) is 0 Å². The minimum Gasteiger partial charge on any atom is -0.469 e. The topological polar surface area (TPSA) is 77.2 Å². The molecule has 0 aliphatic rings. The molecule has 19 heavy (non-hydrogen) atoms. The van der Waals surface area contributed by atoms with Crippen molar-refractivity contribution in [3.8, 4) is 0 Å². The first kappa shape index (κ1) is 11.6. The lowest BCUT2D eigenvalue weighted by Gasteiger charge is -2.09. The molecule has 5 heteroatoms. The van der Waals surface area contributed by atoms with Crippen molar-refractivity contribution in [1.82, 2.24) is 4.98 Å². The van der Waals surface area contributed by atoms with Gasteiger partial charge in [0.2, 0.25) is 0 Å². The number of benzene rings is 1. The van der Waals surface area contributed by atoms with Gasteiger partial charge in [0.05, 0.1) is 6.26 Å². The third-order valence-corrected chi connectivity index (χ3v) is 2.87. The van der Waals surface area contributed by atoms with E-state index in [1.807, 2.05) is 25.1 Å². The van der Waals surface area contributed by atoms with Crippen LogP contribution in [0.5, 0.6) is 0 Å². The van der Waals surface area contributed by atoms with Gasteiger partial charge < -0.3 is 19.9 Å². The van der Waals surface area contributed by atoms with Crippen molar-refractivity contribution < 1.29 is 8.83 Å². The van der Waals surface area contributed by atoms with Crippen LogP contribution in [0.15, 0.2) is 45.4 Å². The van der Waals surface area contributed by atoms with Crippen LogP contribution in [0.3, 0.4) is 0 Å². The van der Waals surface area contributed by atoms with Gasteiger partial charge in [-0.05, 0) is 31.2 Å². The maximum Gasteiger partial charge on any atom is 0.295 e. The predicted molar refractivity (Wildman–Crippen MR) is 73.9 cm³/mol. The lowest BCUT2D eigenvalue weighted by Crippen LogP contribution is -2.17. The van der Waals surface area contributed by atoms with Gasteiger partial charge in [-0.1, -0.05) is 0 Å². The van der Waals surface area contributed by atoms with E-state index in [4.69, 9.17) is 14.6 Å². The summed E-state index contributed by atoms with van der Waals surface area (Å²) in [5.74, 6) is 0.931. The fourth-order valence-corrected chi connectivity index (χ4v) is 2.00. The Hall–Kier alpha value is -2.43. The molecule has 3 rings (SSSR count). The van der Waals surface area contributed by atoms with Crippen LogP contribution < -0.4 is 11.1 Å². The summed E-state index contributed by atoms with van der Waals surface area (Å²) in [6, 6.07) is 9.91. The summed E-state index contributed by atoms with van der Waals surface area (Å²) in [4.78, 5) is 4.36. The Labute approximate surface area is 110 Å². The van der Waals surface area contributed by atoms with Crippen LogP contribution in [-0.2, 0) is 6.42 Å². The lowest BCUT2D eigenvalue weighted by atomic mass is 10.2. The van der Waals surface area contributed by atoms with E-state index in [1.54, 1.807) is 18.4 Å². The molecule has 0 radical (unpaired) electrons. The number of hydrogen-bond donors (Lipinski definition) is 2. The molecule has 0 saturated heterocycles. The molecule has 3 aromatic rings. The fraction of sp³-hybridized carbons (Fsp3) is 0.214. The summed E-state index contributed by atoms with van der Waals surface area (Å²) in [5.41, 5.74) is 7.85. The van der Waals surface area contributed by atoms with Crippen molar-refractivity contribution in [2.24, 2.45) is 0 Å².